The molecule has 1 amide bonds. The zero-order valence-electron chi connectivity index (χ0n) is 12.1. The molecule has 0 spiro atoms. The first-order valence-corrected chi connectivity index (χ1v) is 6.61. The standard InChI is InChI=1S/C17H21NO2/c1-4-9-15(19)12-8-13-16(17(20)18(2)3)14-10-6-5-7-11-14/h4-8,10-11,13,16H,1,9,12H2,2-3H3/b13-8+. The number of likely N-dealkylation sites (N-methyl/N-ethyl adjacent to an activating group) is 1. The van der Waals surface area contributed by atoms with Crippen molar-refractivity contribution in [2.75, 3.05) is 14.1 Å². The van der Waals surface area contributed by atoms with Crippen LogP contribution in [0.2, 0.25) is 0 Å². The van der Waals surface area contributed by atoms with Crippen molar-refractivity contribution in [3.63, 3.8) is 0 Å². The second-order valence-electron chi connectivity index (χ2n) is 4.78. The molecule has 20 heavy (non-hydrogen) atoms. The van der Waals surface area contributed by atoms with Crippen LogP contribution in [0.25, 0.3) is 0 Å². The Balaban J connectivity index is 2.84. The van der Waals surface area contributed by atoms with Gasteiger partial charge in [0.25, 0.3) is 0 Å². The molecule has 0 heterocycles. The lowest BCUT2D eigenvalue weighted by Gasteiger charge is -2.18. The normalized spacial score (nSPS) is 12.1. The van der Waals surface area contributed by atoms with E-state index in [4.69, 9.17) is 0 Å². The maximum atomic E-state index is 12.2. The lowest BCUT2D eigenvalue weighted by molar-refractivity contribution is -0.129. The summed E-state index contributed by atoms with van der Waals surface area (Å²) in [4.78, 5) is 25.2. The first-order valence-electron chi connectivity index (χ1n) is 6.61. The fourth-order valence-electron chi connectivity index (χ4n) is 1.85. The molecule has 0 aromatic heterocycles. The first-order chi connectivity index (χ1) is 9.56. The van der Waals surface area contributed by atoms with Crippen LogP contribution < -0.4 is 0 Å². The summed E-state index contributed by atoms with van der Waals surface area (Å²) in [6, 6.07) is 9.56. The van der Waals surface area contributed by atoms with E-state index >= 15 is 0 Å². The number of carbonyl (C=O) groups is 2. The van der Waals surface area contributed by atoms with Crippen molar-refractivity contribution in [3.05, 3.63) is 60.7 Å². The highest BCUT2D eigenvalue weighted by atomic mass is 16.2. The molecule has 3 nitrogen and oxygen atoms in total. The maximum absolute atomic E-state index is 12.2. The Morgan fingerprint density at radius 1 is 1.20 bits per heavy atom. The van der Waals surface area contributed by atoms with Crippen LogP contribution in [0.1, 0.15) is 24.3 Å². The van der Waals surface area contributed by atoms with Crippen LogP contribution in [-0.2, 0) is 9.59 Å². The second-order valence-corrected chi connectivity index (χ2v) is 4.78. The number of hydrogen-bond acceptors (Lipinski definition) is 2. The molecule has 1 aromatic rings. The molecule has 0 bridgehead atoms. The van der Waals surface area contributed by atoms with Crippen LogP contribution >= 0.6 is 0 Å². The fourth-order valence-corrected chi connectivity index (χ4v) is 1.85. The Morgan fingerprint density at radius 3 is 2.40 bits per heavy atom. The van der Waals surface area contributed by atoms with Crippen molar-refractivity contribution in [2.45, 2.75) is 18.8 Å². The second kappa shape index (κ2) is 8.10. The van der Waals surface area contributed by atoms with Crippen LogP contribution in [0.15, 0.2) is 55.1 Å². The van der Waals surface area contributed by atoms with Gasteiger partial charge in [0.15, 0.2) is 0 Å². The van der Waals surface area contributed by atoms with Gasteiger partial charge in [-0.15, -0.1) is 6.58 Å². The molecule has 3 heteroatoms. The number of benzene rings is 1. The van der Waals surface area contributed by atoms with Gasteiger partial charge in [-0.25, -0.2) is 0 Å². The van der Waals surface area contributed by atoms with Crippen molar-refractivity contribution in [2.24, 2.45) is 0 Å². The number of allylic oxidation sites excluding steroid dienone is 2. The van der Waals surface area contributed by atoms with E-state index in [9.17, 15) is 9.59 Å². The third-order valence-corrected chi connectivity index (χ3v) is 2.91. The number of ketones is 1. The molecule has 0 N–H and O–H groups in total. The molecule has 106 valence electrons. The van der Waals surface area contributed by atoms with Gasteiger partial charge in [-0.2, -0.15) is 0 Å². The molecule has 1 aromatic carbocycles. The smallest absolute Gasteiger partial charge is 0.233 e. The average Bonchev–Trinajstić information content (AvgIpc) is 2.44. The molecule has 1 rings (SSSR count). The quantitative estimate of drug-likeness (QED) is 0.715. The summed E-state index contributed by atoms with van der Waals surface area (Å²) in [5.74, 6) is -0.244. The number of Topliss-reactive ketones (excluding diaryl/α,β-unsaturated/α-hetero) is 1. The van der Waals surface area contributed by atoms with Gasteiger partial charge in [0.1, 0.15) is 5.78 Å². The Bertz CT molecular complexity index is 489. The predicted octanol–water partition coefficient (Wildman–Crippen LogP) is 2.95. The largest absolute Gasteiger partial charge is 0.348 e. The van der Waals surface area contributed by atoms with E-state index in [-0.39, 0.29) is 17.6 Å². The molecule has 0 saturated heterocycles. The number of amides is 1. The minimum atomic E-state index is -0.345. The van der Waals surface area contributed by atoms with Crippen molar-refractivity contribution >= 4 is 11.7 Å². The highest BCUT2D eigenvalue weighted by Gasteiger charge is 2.18. The zero-order chi connectivity index (χ0) is 15.0. The molecular weight excluding hydrogens is 250 g/mol. The van der Waals surface area contributed by atoms with E-state index in [2.05, 4.69) is 6.58 Å². The van der Waals surface area contributed by atoms with Crippen molar-refractivity contribution in [3.8, 4) is 0 Å². The summed E-state index contributed by atoms with van der Waals surface area (Å²) in [6.07, 6.45) is 5.86. The fraction of sp³-hybridized carbons (Fsp3) is 0.294. The molecular formula is C17H21NO2. The van der Waals surface area contributed by atoms with Gasteiger partial charge in [-0.3, -0.25) is 9.59 Å². The van der Waals surface area contributed by atoms with E-state index in [0.29, 0.717) is 12.8 Å². The Labute approximate surface area is 120 Å². The van der Waals surface area contributed by atoms with Gasteiger partial charge in [0.05, 0.1) is 5.92 Å². The van der Waals surface area contributed by atoms with E-state index in [0.717, 1.165) is 5.56 Å². The van der Waals surface area contributed by atoms with E-state index in [1.54, 1.807) is 37.2 Å². The number of hydrogen-bond donors (Lipinski definition) is 0. The Kier molecular flexibility index (Phi) is 6.44. The van der Waals surface area contributed by atoms with E-state index in [1.807, 2.05) is 30.3 Å². The minimum Gasteiger partial charge on any atom is -0.348 e. The van der Waals surface area contributed by atoms with Gasteiger partial charge in [-0.05, 0) is 5.56 Å². The molecule has 0 fully saturated rings. The highest BCUT2D eigenvalue weighted by molar-refractivity contribution is 5.86. The summed E-state index contributed by atoms with van der Waals surface area (Å²) >= 11 is 0. The first kappa shape index (κ1) is 15.9. The Morgan fingerprint density at radius 2 is 1.85 bits per heavy atom. The van der Waals surface area contributed by atoms with Gasteiger partial charge in [-0.1, -0.05) is 48.6 Å². The van der Waals surface area contributed by atoms with E-state index < -0.39 is 0 Å². The van der Waals surface area contributed by atoms with Crippen LogP contribution in [0, 0.1) is 0 Å². The lowest BCUT2D eigenvalue weighted by atomic mass is 9.96. The third kappa shape index (κ3) is 4.84. The van der Waals surface area contributed by atoms with Crippen LogP contribution in [0.3, 0.4) is 0 Å². The third-order valence-electron chi connectivity index (χ3n) is 2.91. The molecule has 0 aliphatic heterocycles. The van der Waals surface area contributed by atoms with Crippen LogP contribution in [-0.4, -0.2) is 30.7 Å². The van der Waals surface area contributed by atoms with Gasteiger partial charge in [0.2, 0.25) is 5.91 Å². The summed E-state index contributed by atoms with van der Waals surface area (Å²) < 4.78 is 0. The molecule has 1 atom stereocenters. The predicted molar refractivity (Wildman–Crippen MR) is 81.5 cm³/mol. The van der Waals surface area contributed by atoms with Gasteiger partial charge >= 0.3 is 0 Å². The SMILES string of the molecule is C=CCC(=O)C/C=C/C(C(=O)N(C)C)c1ccccc1. The molecule has 0 aliphatic rings. The van der Waals surface area contributed by atoms with Gasteiger partial charge < -0.3 is 4.90 Å². The van der Waals surface area contributed by atoms with Gasteiger partial charge in [0, 0.05) is 26.9 Å². The summed E-state index contributed by atoms with van der Waals surface area (Å²) in [5.41, 5.74) is 0.929. The number of carbonyl (C=O) groups excluding carboxylic acids is 2. The topological polar surface area (TPSA) is 37.4 Å². The monoisotopic (exact) mass is 271 g/mol. The summed E-state index contributed by atoms with van der Waals surface area (Å²) in [5, 5.41) is 0. The zero-order valence-corrected chi connectivity index (χ0v) is 12.1. The van der Waals surface area contributed by atoms with Crippen LogP contribution in [0.4, 0.5) is 0 Å². The minimum absolute atomic E-state index is 0.00335. The maximum Gasteiger partial charge on any atom is 0.233 e. The van der Waals surface area contributed by atoms with Crippen molar-refractivity contribution in [1.29, 1.82) is 0 Å². The Hall–Kier alpha value is -2.16. The van der Waals surface area contributed by atoms with Crippen LogP contribution in [0.5, 0.6) is 0 Å². The molecule has 0 radical (unpaired) electrons. The lowest BCUT2D eigenvalue weighted by Crippen LogP contribution is -2.27. The average molecular weight is 271 g/mol. The number of rotatable bonds is 7. The summed E-state index contributed by atoms with van der Waals surface area (Å²) in [7, 11) is 3.46. The number of nitrogens with zero attached hydrogens (tertiary/aromatic N) is 1. The molecule has 0 saturated carbocycles. The van der Waals surface area contributed by atoms with E-state index in [1.165, 1.54) is 0 Å². The summed E-state index contributed by atoms with van der Waals surface area (Å²) in [6.45, 7) is 3.54. The van der Waals surface area contributed by atoms with Crippen molar-refractivity contribution < 1.29 is 9.59 Å². The molecule has 0 aliphatic carbocycles. The molecule has 1 unspecified atom stereocenters. The van der Waals surface area contributed by atoms with Crippen molar-refractivity contribution in [1.82, 2.24) is 4.90 Å². The highest BCUT2D eigenvalue weighted by Crippen LogP contribution is 2.19.